The number of aromatic nitrogens is 1. The highest BCUT2D eigenvalue weighted by molar-refractivity contribution is 7.87. The van der Waals surface area contributed by atoms with Gasteiger partial charge in [0.05, 0.1) is 5.69 Å². The standard InChI is InChI=1S/C20H22N4O3S2/c1-20(2,3)14-7-9-16(10-8-14)29(25,26)27-15-6-4-5-13(11-15)17-12-28-19(23-17)24-18(21)22/h4-12H,1-3H3,(H4,21,22,23,24). The number of rotatable bonds is 5. The van der Waals surface area contributed by atoms with Gasteiger partial charge in [0.1, 0.15) is 10.6 Å². The fourth-order valence-corrected chi connectivity index (χ4v) is 4.20. The van der Waals surface area contributed by atoms with Gasteiger partial charge in [0.15, 0.2) is 5.96 Å². The Balaban J connectivity index is 1.84. The van der Waals surface area contributed by atoms with Crippen molar-refractivity contribution in [1.82, 2.24) is 4.98 Å². The van der Waals surface area contributed by atoms with Gasteiger partial charge < -0.3 is 15.7 Å². The number of hydrogen-bond donors (Lipinski definition) is 2. The Hall–Kier alpha value is -2.91. The molecule has 0 fully saturated rings. The van der Waals surface area contributed by atoms with E-state index in [0.717, 1.165) is 5.56 Å². The second kappa shape index (κ2) is 7.84. The lowest BCUT2D eigenvalue weighted by atomic mass is 9.87. The quantitative estimate of drug-likeness (QED) is 0.361. The molecule has 0 amide bonds. The van der Waals surface area contributed by atoms with E-state index in [1.165, 1.54) is 11.3 Å². The van der Waals surface area contributed by atoms with Crippen LogP contribution in [-0.2, 0) is 15.5 Å². The third-order valence-electron chi connectivity index (χ3n) is 4.06. The van der Waals surface area contributed by atoms with Crippen LogP contribution < -0.4 is 15.7 Å². The van der Waals surface area contributed by atoms with E-state index in [-0.39, 0.29) is 22.0 Å². The van der Waals surface area contributed by atoms with Crippen molar-refractivity contribution in [2.75, 3.05) is 0 Å². The van der Waals surface area contributed by atoms with Crippen molar-refractivity contribution in [3.05, 3.63) is 59.5 Å². The van der Waals surface area contributed by atoms with Gasteiger partial charge in [-0.15, -0.1) is 11.3 Å². The van der Waals surface area contributed by atoms with Crippen molar-refractivity contribution < 1.29 is 12.6 Å². The molecule has 9 heteroatoms. The van der Waals surface area contributed by atoms with Crippen molar-refractivity contribution >= 4 is 32.5 Å². The van der Waals surface area contributed by atoms with Gasteiger partial charge in [-0.3, -0.25) is 0 Å². The molecular weight excluding hydrogens is 408 g/mol. The van der Waals surface area contributed by atoms with E-state index < -0.39 is 10.1 Å². The molecule has 1 heterocycles. The van der Waals surface area contributed by atoms with Crippen LogP contribution in [0.4, 0.5) is 5.13 Å². The number of benzene rings is 2. The van der Waals surface area contributed by atoms with Crippen LogP contribution in [0.25, 0.3) is 11.3 Å². The fourth-order valence-electron chi connectivity index (χ4n) is 2.56. The molecule has 0 bridgehead atoms. The normalized spacial score (nSPS) is 11.8. The first-order chi connectivity index (χ1) is 13.5. The summed E-state index contributed by atoms with van der Waals surface area (Å²) in [5.74, 6) is 0.116. The summed E-state index contributed by atoms with van der Waals surface area (Å²) in [6.07, 6.45) is 0. The van der Waals surface area contributed by atoms with Crippen molar-refractivity contribution in [2.45, 2.75) is 31.1 Å². The monoisotopic (exact) mass is 430 g/mol. The first-order valence-electron chi connectivity index (χ1n) is 8.75. The minimum Gasteiger partial charge on any atom is -0.379 e. The van der Waals surface area contributed by atoms with Gasteiger partial charge in [-0.05, 0) is 35.2 Å². The van der Waals surface area contributed by atoms with E-state index in [1.807, 2.05) is 0 Å². The summed E-state index contributed by atoms with van der Waals surface area (Å²) in [5, 5.41) is 2.19. The highest BCUT2D eigenvalue weighted by Crippen LogP contribution is 2.30. The minimum atomic E-state index is -3.96. The minimum absolute atomic E-state index is 0.0670. The van der Waals surface area contributed by atoms with Crippen LogP contribution in [0.2, 0.25) is 0 Å². The van der Waals surface area contributed by atoms with E-state index in [9.17, 15) is 8.42 Å². The maximum Gasteiger partial charge on any atom is 0.339 e. The molecule has 2 aromatic carbocycles. The van der Waals surface area contributed by atoms with Crippen LogP contribution in [0.15, 0.2) is 63.8 Å². The van der Waals surface area contributed by atoms with Gasteiger partial charge in [0, 0.05) is 10.9 Å². The Kier molecular flexibility index (Phi) is 5.63. The Labute approximate surface area is 174 Å². The summed E-state index contributed by atoms with van der Waals surface area (Å²) in [7, 11) is -3.96. The molecule has 0 atom stereocenters. The van der Waals surface area contributed by atoms with E-state index in [4.69, 9.17) is 15.7 Å². The van der Waals surface area contributed by atoms with E-state index >= 15 is 0 Å². The predicted molar refractivity (Wildman–Crippen MR) is 116 cm³/mol. The zero-order valence-corrected chi connectivity index (χ0v) is 17.9. The van der Waals surface area contributed by atoms with Crippen LogP contribution >= 0.6 is 11.3 Å². The van der Waals surface area contributed by atoms with E-state index in [2.05, 4.69) is 30.7 Å². The molecule has 0 aliphatic carbocycles. The topological polar surface area (TPSA) is 121 Å². The largest absolute Gasteiger partial charge is 0.379 e. The summed E-state index contributed by atoms with van der Waals surface area (Å²) < 4.78 is 30.6. The Morgan fingerprint density at radius 2 is 1.79 bits per heavy atom. The Morgan fingerprint density at radius 1 is 1.10 bits per heavy atom. The first-order valence-corrected chi connectivity index (χ1v) is 11.0. The van der Waals surface area contributed by atoms with Crippen LogP contribution in [0, 0.1) is 0 Å². The summed E-state index contributed by atoms with van der Waals surface area (Å²) >= 11 is 1.27. The molecular formula is C20H22N4O3S2. The number of guanidine groups is 1. The lowest BCUT2D eigenvalue weighted by Crippen LogP contribution is -2.21. The maximum absolute atomic E-state index is 12.7. The molecule has 0 aliphatic heterocycles. The van der Waals surface area contributed by atoms with Gasteiger partial charge in [-0.1, -0.05) is 45.0 Å². The van der Waals surface area contributed by atoms with Gasteiger partial charge in [0.2, 0.25) is 5.13 Å². The highest BCUT2D eigenvalue weighted by Gasteiger charge is 2.19. The number of hydrogen-bond acceptors (Lipinski definition) is 6. The predicted octanol–water partition coefficient (Wildman–Crippen LogP) is 3.78. The smallest absolute Gasteiger partial charge is 0.339 e. The molecule has 0 spiro atoms. The van der Waals surface area contributed by atoms with Crippen LogP contribution in [0.5, 0.6) is 5.75 Å². The molecule has 3 rings (SSSR count). The van der Waals surface area contributed by atoms with Crippen LogP contribution in [0.1, 0.15) is 26.3 Å². The van der Waals surface area contributed by atoms with Crippen molar-refractivity contribution in [2.24, 2.45) is 16.5 Å². The second-order valence-corrected chi connectivity index (χ2v) is 9.77. The first kappa shape index (κ1) is 20.8. The SMILES string of the molecule is CC(C)(C)c1ccc(S(=O)(=O)Oc2cccc(-c3csc(N=C(N)N)n3)c2)cc1. The summed E-state index contributed by atoms with van der Waals surface area (Å²) in [5.41, 5.74) is 13.0. The van der Waals surface area contributed by atoms with Crippen molar-refractivity contribution in [1.29, 1.82) is 0 Å². The molecule has 0 aliphatic rings. The van der Waals surface area contributed by atoms with Crippen molar-refractivity contribution in [3.63, 3.8) is 0 Å². The molecule has 0 unspecified atom stereocenters. The summed E-state index contributed by atoms with van der Waals surface area (Å²) in [6, 6.07) is 13.4. The van der Waals surface area contributed by atoms with Gasteiger partial charge in [0.25, 0.3) is 0 Å². The molecule has 1 aromatic heterocycles. The zero-order valence-electron chi connectivity index (χ0n) is 16.3. The molecule has 29 heavy (non-hydrogen) atoms. The molecule has 0 saturated heterocycles. The fraction of sp³-hybridized carbons (Fsp3) is 0.200. The number of thiazole rings is 1. The Morgan fingerprint density at radius 3 is 2.41 bits per heavy atom. The van der Waals surface area contributed by atoms with Crippen LogP contribution in [-0.4, -0.2) is 19.4 Å². The number of nitrogens with two attached hydrogens (primary N) is 2. The second-order valence-electron chi connectivity index (χ2n) is 7.39. The average molecular weight is 431 g/mol. The van der Waals surface area contributed by atoms with Gasteiger partial charge in [-0.2, -0.15) is 13.4 Å². The third-order valence-corrected chi connectivity index (χ3v) is 6.06. The zero-order chi connectivity index (χ0) is 21.2. The number of nitrogens with zero attached hydrogens (tertiary/aromatic N) is 2. The molecule has 0 saturated carbocycles. The molecule has 7 nitrogen and oxygen atoms in total. The molecule has 152 valence electrons. The van der Waals surface area contributed by atoms with Crippen molar-refractivity contribution in [3.8, 4) is 17.0 Å². The Bertz CT molecular complexity index is 1140. The maximum atomic E-state index is 12.7. The van der Waals surface area contributed by atoms with Gasteiger partial charge >= 0.3 is 10.1 Å². The summed E-state index contributed by atoms with van der Waals surface area (Å²) in [4.78, 5) is 8.32. The molecule has 3 aromatic rings. The molecule has 4 N–H and O–H groups in total. The van der Waals surface area contributed by atoms with Crippen LogP contribution in [0.3, 0.4) is 0 Å². The van der Waals surface area contributed by atoms with E-state index in [0.29, 0.717) is 16.4 Å². The van der Waals surface area contributed by atoms with Gasteiger partial charge in [-0.25, -0.2) is 4.98 Å². The highest BCUT2D eigenvalue weighted by atomic mass is 32.2. The number of aliphatic imine (C=N–C) groups is 1. The van der Waals surface area contributed by atoms with E-state index in [1.54, 1.807) is 53.9 Å². The lowest BCUT2D eigenvalue weighted by Gasteiger charge is -2.19. The third kappa shape index (κ3) is 5.12. The average Bonchev–Trinajstić information content (AvgIpc) is 3.09. The lowest BCUT2D eigenvalue weighted by molar-refractivity contribution is 0.486. The molecule has 0 radical (unpaired) electrons. The summed E-state index contributed by atoms with van der Waals surface area (Å²) in [6.45, 7) is 6.20.